The van der Waals surface area contributed by atoms with E-state index in [1.165, 1.54) is 0 Å². The molecular weight excluding hydrogens is 384 g/mol. The number of halogens is 1. The third-order valence-electron chi connectivity index (χ3n) is 4.29. The number of hydrogen-bond donors (Lipinski definition) is 1. The molecule has 6 nitrogen and oxygen atoms in total. The lowest BCUT2D eigenvalue weighted by atomic mass is 10.1. The summed E-state index contributed by atoms with van der Waals surface area (Å²) < 4.78 is 6.62. The molecule has 0 bridgehead atoms. The van der Waals surface area contributed by atoms with Crippen LogP contribution in [-0.2, 0) is 0 Å². The molecule has 4 rings (SSSR count). The average Bonchev–Trinajstić information content (AvgIpc) is 3.06. The van der Waals surface area contributed by atoms with Crippen LogP contribution < -0.4 is 10.2 Å². The van der Waals surface area contributed by atoms with E-state index in [4.69, 9.17) is 4.42 Å². The van der Waals surface area contributed by atoms with Gasteiger partial charge < -0.3 is 14.6 Å². The number of carbonyl (C=O) groups excluding carboxylic acids is 1. The first kappa shape index (κ1) is 16.1. The molecule has 1 fully saturated rings. The van der Waals surface area contributed by atoms with E-state index in [1.807, 2.05) is 18.2 Å². The van der Waals surface area contributed by atoms with Crippen molar-refractivity contribution in [2.75, 3.05) is 18.0 Å². The minimum atomic E-state index is -0.187. The largest absolute Gasteiger partial charge is 0.451 e. The summed E-state index contributed by atoms with van der Waals surface area (Å²) in [5, 5.41) is 3.97. The van der Waals surface area contributed by atoms with Gasteiger partial charge in [-0.15, -0.1) is 0 Å². The van der Waals surface area contributed by atoms with Crippen molar-refractivity contribution in [3.8, 4) is 0 Å². The van der Waals surface area contributed by atoms with Crippen LogP contribution in [0.2, 0.25) is 0 Å². The fourth-order valence-electron chi connectivity index (χ4n) is 3.11. The molecule has 128 valence electrons. The zero-order valence-electron chi connectivity index (χ0n) is 13.5. The number of nitrogens with one attached hydrogen (secondary N) is 1. The maximum absolute atomic E-state index is 12.5. The Morgan fingerprint density at radius 2 is 2.12 bits per heavy atom. The van der Waals surface area contributed by atoms with Crippen molar-refractivity contribution < 1.29 is 9.21 Å². The van der Waals surface area contributed by atoms with Gasteiger partial charge in [-0.05, 0) is 43.2 Å². The molecular formula is C18H17BrN4O2. The van der Waals surface area contributed by atoms with Crippen LogP contribution in [0.5, 0.6) is 0 Å². The molecule has 1 unspecified atom stereocenters. The van der Waals surface area contributed by atoms with Gasteiger partial charge in [-0.3, -0.25) is 4.79 Å². The zero-order chi connectivity index (χ0) is 17.2. The molecule has 1 saturated heterocycles. The fourth-order valence-corrected chi connectivity index (χ4v) is 3.49. The van der Waals surface area contributed by atoms with Crippen LogP contribution in [0.4, 0.5) is 5.95 Å². The SMILES string of the molecule is O=C(NC1CCCN(c2ncccn2)C1)c1cc2cc(Br)ccc2o1. The number of carbonyl (C=O) groups is 1. The number of piperidine rings is 1. The lowest BCUT2D eigenvalue weighted by molar-refractivity contribution is 0.0907. The summed E-state index contributed by atoms with van der Waals surface area (Å²) in [4.78, 5) is 23.2. The van der Waals surface area contributed by atoms with Crippen LogP contribution in [0.1, 0.15) is 23.4 Å². The Bertz CT molecular complexity index is 896. The van der Waals surface area contributed by atoms with Crippen molar-refractivity contribution in [1.82, 2.24) is 15.3 Å². The zero-order valence-corrected chi connectivity index (χ0v) is 15.1. The number of amides is 1. The second kappa shape index (κ2) is 6.84. The topological polar surface area (TPSA) is 71.3 Å². The Kier molecular flexibility index (Phi) is 4.40. The lowest BCUT2D eigenvalue weighted by Gasteiger charge is -2.32. The summed E-state index contributed by atoms with van der Waals surface area (Å²) in [6, 6.07) is 9.30. The minimum absolute atomic E-state index is 0.0463. The molecule has 1 amide bonds. The van der Waals surface area contributed by atoms with Gasteiger partial charge in [0.15, 0.2) is 5.76 Å². The normalized spacial score (nSPS) is 17.6. The molecule has 0 saturated carbocycles. The van der Waals surface area contributed by atoms with Crippen LogP contribution >= 0.6 is 15.9 Å². The van der Waals surface area contributed by atoms with Gasteiger partial charge in [0, 0.05) is 41.4 Å². The van der Waals surface area contributed by atoms with Crippen LogP contribution in [-0.4, -0.2) is 35.0 Å². The van der Waals surface area contributed by atoms with Crippen LogP contribution in [0, 0.1) is 0 Å². The van der Waals surface area contributed by atoms with Gasteiger partial charge in [-0.2, -0.15) is 0 Å². The van der Waals surface area contributed by atoms with Gasteiger partial charge in [0.25, 0.3) is 5.91 Å². The van der Waals surface area contributed by atoms with E-state index in [0.29, 0.717) is 23.8 Å². The molecule has 1 aliphatic rings. The molecule has 0 spiro atoms. The van der Waals surface area contributed by atoms with E-state index in [-0.39, 0.29) is 11.9 Å². The second-order valence-electron chi connectivity index (χ2n) is 6.10. The number of aromatic nitrogens is 2. The molecule has 7 heteroatoms. The predicted molar refractivity (Wildman–Crippen MR) is 98.6 cm³/mol. The third-order valence-corrected chi connectivity index (χ3v) is 4.79. The Hall–Kier alpha value is -2.41. The van der Waals surface area contributed by atoms with Crippen molar-refractivity contribution in [3.05, 3.63) is 53.0 Å². The molecule has 1 aliphatic heterocycles. The molecule has 1 N–H and O–H groups in total. The van der Waals surface area contributed by atoms with Crippen molar-refractivity contribution in [2.45, 2.75) is 18.9 Å². The molecule has 0 aliphatic carbocycles. The average molecular weight is 401 g/mol. The van der Waals surface area contributed by atoms with E-state index in [1.54, 1.807) is 24.5 Å². The van der Waals surface area contributed by atoms with Crippen molar-refractivity contribution in [3.63, 3.8) is 0 Å². The van der Waals surface area contributed by atoms with E-state index >= 15 is 0 Å². The number of anilines is 1. The van der Waals surface area contributed by atoms with E-state index < -0.39 is 0 Å². The summed E-state index contributed by atoms with van der Waals surface area (Å²) in [5.74, 6) is 0.851. The summed E-state index contributed by atoms with van der Waals surface area (Å²) in [5.41, 5.74) is 0.705. The van der Waals surface area contributed by atoms with Gasteiger partial charge >= 0.3 is 0 Å². The molecule has 1 atom stereocenters. The summed E-state index contributed by atoms with van der Waals surface area (Å²) in [6.07, 6.45) is 5.38. The number of fused-ring (bicyclic) bond motifs is 1. The van der Waals surface area contributed by atoms with Gasteiger partial charge in [0.1, 0.15) is 5.58 Å². The maximum Gasteiger partial charge on any atom is 0.287 e. The fraction of sp³-hybridized carbons (Fsp3) is 0.278. The molecule has 2 aromatic heterocycles. The number of furan rings is 1. The highest BCUT2D eigenvalue weighted by molar-refractivity contribution is 9.10. The van der Waals surface area contributed by atoms with Crippen molar-refractivity contribution in [1.29, 1.82) is 0 Å². The van der Waals surface area contributed by atoms with E-state index in [9.17, 15) is 4.79 Å². The first-order chi connectivity index (χ1) is 12.2. The summed E-state index contributed by atoms with van der Waals surface area (Å²) in [7, 11) is 0. The highest BCUT2D eigenvalue weighted by atomic mass is 79.9. The van der Waals surface area contributed by atoms with E-state index in [2.05, 4.69) is 36.1 Å². The Labute approximate surface area is 153 Å². The van der Waals surface area contributed by atoms with Crippen LogP contribution in [0.15, 0.2) is 51.6 Å². The van der Waals surface area contributed by atoms with Crippen molar-refractivity contribution in [2.24, 2.45) is 0 Å². The number of hydrogen-bond acceptors (Lipinski definition) is 5. The summed E-state index contributed by atoms with van der Waals surface area (Å²) in [6.45, 7) is 1.59. The number of nitrogens with zero attached hydrogens (tertiary/aromatic N) is 3. The van der Waals surface area contributed by atoms with Gasteiger partial charge in [0.2, 0.25) is 5.95 Å². The monoisotopic (exact) mass is 400 g/mol. The first-order valence-electron chi connectivity index (χ1n) is 8.21. The van der Waals surface area contributed by atoms with Crippen LogP contribution in [0.25, 0.3) is 11.0 Å². The van der Waals surface area contributed by atoms with Gasteiger partial charge in [0.05, 0.1) is 0 Å². The number of rotatable bonds is 3. The minimum Gasteiger partial charge on any atom is -0.451 e. The standard InChI is InChI=1S/C18H17BrN4O2/c19-13-4-5-15-12(9-13)10-16(25-15)17(24)22-14-3-1-8-23(11-14)18-20-6-2-7-21-18/h2,4-7,9-10,14H,1,3,8,11H2,(H,22,24). The highest BCUT2D eigenvalue weighted by Crippen LogP contribution is 2.23. The summed E-state index contributed by atoms with van der Waals surface area (Å²) >= 11 is 3.43. The Balaban J connectivity index is 1.46. The molecule has 3 aromatic rings. The molecule has 0 radical (unpaired) electrons. The molecule has 3 heterocycles. The predicted octanol–water partition coefficient (Wildman–Crippen LogP) is 3.38. The molecule has 1 aromatic carbocycles. The Morgan fingerprint density at radius 3 is 2.96 bits per heavy atom. The quantitative estimate of drug-likeness (QED) is 0.729. The van der Waals surface area contributed by atoms with Gasteiger partial charge in [-0.25, -0.2) is 9.97 Å². The first-order valence-corrected chi connectivity index (χ1v) is 9.00. The van der Waals surface area contributed by atoms with Crippen molar-refractivity contribution >= 4 is 38.8 Å². The maximum atomic E-state index is 12.5. The smallest absolute Gasteiger partial charge is 0.287 e. The second-order valence-corrected chi connectivity index (χ2v) is 7.02. The lowest BCUT2D eigenvalue weighted by Crippen LogP contribution is -2.48. The molecule has 25 heavy (non-hydrogen) atoms. The third kappa shape index (κ3) is 3.51. The highest BCUT2D eigenvalue weighted by Gasteiger charge is 2.24. The number of benzene rings is 1. The van der Waals surface area contributed by atoms with E-state index in [0.717, 1.165) is 29.2 Å². The van der Waals surface area contributed by atoms with Gasteiger partial charge in [-0.1, -0.05) is 15.9 Å². The van der Waals surface area contributed by atoms with Crippen LogP contribution in [0.3, 0.4) is 0 Å². The Morgan fingerprint density at radius 1 is 1.28 bits per heavy atom.